The summed E-state index contributed by atoms with van der Waals surface area (Å²) >= 11 is 12.4. The van der Waals surface area contributed by atoms with Crippen LogP contribution in [0.4, 0.5) is 4.39 Å². The third-order valence-electron chi connectivity index (χ3n) is 3.54. The van der Waals surface area contributed by atoms with Gasteiger partial charge in [0.05, 0.1) is 27.6 Å². The fourth-order valence-electron chi connectivity index (χ4n) is 2.50. The molecule has 0 aliphatic carbocycles. The maximum absolute atomic E-state index is 13.7. The number of hydrogen-bond donors (Lipinski definition) is 0. The molecule has 0 aliphatic rings. The predicted molar refractivity (Wildman–Crippen MR) is 85.1 cm³/mol. The molecule has 0 unspecified atom stereocenters. The molecule has 0 spiro atoms. The summed E-state index contributed by atoms with van der Waals surface area (Å²) in [6, 6.07) is 8.90. The quantitative estimate of drug-likeness (QED) is 0.595. The standard InChI is InChI=1S/C16H13Cl2FN2/c1-9-4-3-5-11(18)16(9)21-14-6-10(2)12(19)7-13(14)20-15(21)8-17/h3-7H,8H2,1-2H3. The van der Waals surface area contributed by atoms with E-state index in [0.717, 1.165) is 16.8 Å². The van der Waals surface area contributed by atoms with Crippen LogP contribution < -0.4 is 0 Å². The highest BCUT2D eigenvalue weighted by molar-refractivity contribution is 6.32. The molecule has 3 aromatic rings. The second-order valence-electron chi connectivity index (χ2n) is 4.99. The second kappa shape index (κ2) is 5.32. The largest absolute Gasteiger partial charge is 0.293 e. The Bertz CT molecular complexity index is 820. The molecule has 0 amide bonds. The van der Waals surface area contributed by atoms with Crippen molar-refractivity contribution in [1.82, 2.24) is 9.55 Å². The molecule has 1 heterocycles. The Morgan fingerprint density at radius 1 is 1.19 bits per heavy atom. The highest BCUT2D eigenvalue weighted by Gasteiger charge is 2.17. The fourth-order valence-corrected chi connectivity index (χ4v) is 2.98. The Morgan fingerprint density at radius 3 is 2.62 bits per heavy atom. The molecule has 0 N–H and O–H groups in total. The van der Waals surface area contributed by atoms with Gasteiger partial charge in [0.15, 0.2) is 0 Å². The molecular weight excluding hydrogens is 310 g/mol. The van der Waals surface area contributed by atoms with Crippen molar-refractivity contribution in [3.63, 3.8) is 0 Å². The third-order valence-corrected chi connectivity index (χ3v) is 4.08. The smallest absolute Gasteiger partial charge is 0.129 e. The normalized spacial score (nSPS) is 11.3. The van der Waals surface area contributed by atoms with Crippen molar-refractivity contribution in [2.24, 2.45) is 0 Å². The summed E-state index contributed by atoms with van der Waals surface area (Å²) in [5.41, 5.74) is 3.79. The van der Waals surface area contributed by atoms with Gasteiger partial charge in [-0.25, -0.2) is 9.37 Å². The van der Waals surface area contributed by atoms with Crippen LogP contribution in [0.1, 0.15) is 17.0 Å². The number of alkyl halides is 1. The summed E-state index contributed by atoms with van der Waals surface area (Å²) in [5.74, 6) is 0.594. The van der Waals surface area contributed by atoms with E-state index < -0.39 is 0 Å². The van der Waals surface area contributed by atoms with E-state index >= 15 is 0 Å². The van der Waals surface area contributed by atoms with Crippen molar-refractivity contribution < 1.29 is 4.39 Å². The number of para-hydroxylation sites is 1. The minimum absolute atomic E-state index is 0.222. The van der Waals surface area contributed by atoms with Crippen LogP contribution in [0.25, 0.3) is 16.7 Å². The van der Waals surface area contributed by atoms with Gasteiger partial charge in [0.2, 0.25) is 0 Å². The van der Waals surface area contributed by atoms with Crippen LogP contribution in [0.3, 0.4) is 0 Å². The van der Waals surface area contributed by atoms with E-state index in [1.165, 1.54) is 6.07 Å². The number of benzene rings is 2. The zero-order valence-electron chi connectivity index (χ0n) is 11.6. The van der Waals surface area contributed by atoms with Crippen molar-refractivity contribution >= 4 is 34.2 Å². The van der Waals surface area contributed by atoms with Crippen molar-refractivity contribution in [2.75, 3.05) is 0 Å². The molecule has 2 aromatic carbocycles. The van der Waals surface area contributed by atoms with Gasteiger partial charge in [0, 0.05) is 6.07 Å². The molecule has 0 saturated carbocycles. The molecule has 2 nitrogen and oxygen atoms in total. The van der Waals surface area contributed by atoms with Crippen LogP contribution in [0.5, 0.6) is 0 Å². The molecule has 0 bridgehead atoms. The lowest BCUT2D eigenvalue weighted by Gasteiger charge is -2.13. The van der Waals surface area contributed by atoms with E-state index in [1.807, 2.05) is 29.7 Å². The number of rotatable bonds is 2. The molecule has 0 radical (unpaired) electrons. The van der Waals surface area contributed by atoms with Gasteiger partial charge in [0.25, 0.3) is 0 Å². The molecule has 0 atom stereocenters. The average molecular weight is 323 g/mol. The average Bonchev–Trinajstić information content (AvgIpc) is 2.77. The van der Waals surface area contributed by atoms with Gasteiger partial charge in [-0.15, -0.1) is 11.6 Å². The zero-order chi connectivity index (χ0) is 15.1. The van der Waals surface area contributed by atoms with Gasteiger partial charge >= 0.3 is 0 Å². The summed E-state index contributed by atoms with van der Waals surface area (Å²) in [5, 5.41) is 0.614. The van der Waals surface area contributed by atoms with Gasteiger partial charge in [-0.05, 0) is 37.1 Å². The lowest BCUT2D eigenvalue weighted by molar-refractivity contribution is 0.620. The number of fused-ring (bicyclic) bond motifs is 1. The monoisotopic (exact) mass is 322 g/mol. The highest BCUT2D eigenvalue weighted by atomic mass is 35.5. The first-order valence-electron chi connectivity index (χ1n) is 6.52. The Labute approximate surface area is 132 Å². The zero-order valence-corrected chi connectivity index (χ0v) is 13.1. The van der Waals surface area contributed by atoms with Gasteiger partial charge < -0.3 is 0 Å². The first-order chi connectivity index (χ1) is 10.0. The van der Waals surface area contributed by atoms with Gasteiger partial charge in [-0.3, -0.25) is 4.57 Å². The topological polar surface area (TPSA) is 17.8 Å². The van der Waals surface area contributed by atoms with Crippen LogP contribution in [0.15, 0.2) is 30.3 Å². The number of aryl methyl sites for hydroxylation is 2. The van der Waals surface area contributed by atoms with Gasteiger partial charge in [-0.2, -0.15) is 0 Å². The van der Waals surface area contributed by atoms with Crippen LogP contribution in [-0.4, -0.2) is 9.55 Å². The van der Waals surface area contributed by atoms with Crippen molar-refractivity contribution in [3.8, 4) is 5.69 Å². The van der Waals surface area contributed by atoms with E-state index in [-0.39, 0.29) is 11.7 Å². The van der Waals surface area contributed by atoms with E-state index in [9.17, 15) is 4.39 Å². The first kappa shape index (κ1) is 14.4. The van der Waals surface area contributed by atoms with Crippen LogP contribution >= 0.6 is 23.2 Å². The Morgan fingerprint density at radius 2 is 1.95 bits per heavy atom. The summed E-state index contributed by atoms with van der Waals surface area (Å²) in [6.45, 7) is 3.70. The van der Waals surface area contributed by atoms with E-state index in [4.69, 9.17) is 23.2 Å². The summed E-state index contributed by atoms with van der Waals surface area (Å²) < 4.78 is 15.7. The molecular formula is C16H13Cl2FN2. The maximum atomic E-state index is 13.7. The van der Waals surface area contributed by atoms with Crippen LogP contribution in [0, 0.1) is 19.7 Å². The minimum atomic E-state index is -0.274. The minimum Gasteiger partial charge on any atom is -0.293 e. The number of hydrogen-bond acceptors (Lipinski definition) is 1. The second-order valence-corrected chi connectivity index (χ2v) is 5.67. The van der Waals surface area contributed by atoms with Crippen LogP contribution in [-0.2, 0) is 5.88 Å². The van der Waals surface area contributed by atoms with Gasteiger partial charge in [-0.1, -0.05) is 23.7 Å². The molecule has 1 aromatic heterocycles. The van der Waals surface area contributed by atoms with Crippen molar-refractivity contribution in [2.45, 2.75) is 19.7 Å². The molecule has 108 valence electrons. The lowest BCUT2D eigenvalue weighted by atomic mass is 10.1. The predicted octanol–water partition coefficient (Wildman–Crippen LogP) is 5.17. The SMILES string of the molecule is Cc1cc2c(cc1F)nc(CCl)n2-c1c(C)cccc1Cl. The van der Waals surface area contributed by atoms with E-state index in [2.05, 4.69) is 4.98 Å². The Hall–Kier alpha value is -1.58. The molecule has 0 saturated heterocycles. The first-order valence-corrected chi connectivity index (χ1v) is 7.43. The Balaban J connectivity index is 2.43. The van der Waals surface area contributed by atoms with Crippen molar-refractivity contribution in [1.29, 1.82) is 0 Å². The number of nitrogens with zero attached hydrogens (tertiary/aromatic N) is 2. The third kappa shape index (κ3) is 2.30. The molecule has 0 fully saturated rings. The number of imidazole rings is 1. The van der Waals surface area contributed by atoms with E-state index in [1.54, 1.807) is 13.0 Å². The van der Waals surface area contributed by atoms with E-state index in [0.29, 0.717) is 21.9 Å². The maximum Gasteiger partial charge on any atom is 0.129 e. The molecule has 21 heavy (non-hydrogen) atoms. The summed E-state index contributed by atoms with van der Waals surface area (Å²) in [4.78, 5) is 4.42. The highest BCUT2D eigenvalue weighted by Crippen LogP contribution is 2.31. The van der Waals surface area contributed by atoms with Crippen LogP contribution in [0.2, 0.25) is 5.02 Å². The lowest BCUT2D eigenvalue weighted by Crippen LogP contribution is -2.02. The fraction of sp³-hybridized carbons (Fsp3) is 0.188. The molecule has 0 aliphatic heterocycles. The number of halogens is 3. The van der Waals surface area contributed by atoms with Crippen molar-refractivity contribution in [3.05, 3.63) is 58.1 Å². The summed E-state index contributed by atoms with van der Waals surface area (Å²) in [7, 11) is 0. The molecule has 3 rings (SSSR count). The molecule has 5 heteroatoms. The Kier molecular flexibility index (Phi) is 3.64. The van der Waals surface area contributed by atoms with Gasteiger partial charge in [0.1, 0.15) is 11.6 Å². The number of aromatic nitrogens is 2. The summed E-state index contributed by atoms with van der Waals surface area (Å²) in [6.07, 6.45) is 0.